The molecule has 3 aromatic rings. The SMILES string of the molecule is O=C1c2ccccc2N(CCCCCN2CCOCC2)C1(c1ccccc1)c1ccccc1. The second-order valence-electron chi connectivity index (χ2n) is 8.96. The van der Waals surface area contributed by atoms with E-state index in [1.54, 1.807) is 0 Å². The number of carbonyl (C=O) groups is 1. The fraction of sp³-hybridized carbons (Fsp3) is 0.345. The van der Waals surface area contributed by atoms with E-state index in [0.717, 1.165) is 74.6 Å². The number of benzene rings is 3. The molecule has 4 heteroatoms. The van der Waals surface area contributed by atoms with Crippen LogP contribution in [0.1, 0.15) is 40.7 Å². The van der Waals surface area contributed by atoms with Gasteiger partial charge in [0.25, 0.3) is 0 Å². The molecular formula is C29H32N2O2. The molecule has 5 rings (SSSR count). The van der Waals surface area contributed by atoms with Crippen LogP contribution in [0.15, 0.2) is 84.9 Å². The van der Waals surface area contributed by atoms with Crippen molar-refractivity contribution in [2.24, 2.45) is 0 Å². The first-order chi connectivity index (χ1) is 16.3. The Balaban J connectivity index is 1.44. The van der Waals surface area contributed by atoms with Crippen molar-refractivity contribution < 1.29 is 9.53 Å². The number of hydrogen-bond acceptors (Lipinski definition) is 4. The number of fused-ring (bicyclic) bond motifs is 1. The van der Waals surface area contributed by atoms with Gasteiger partial charge in [-0.3, -0.25) is 9.69 Å². The molecule has 1 saturated heterocycles. The third kappa shape index (κ3) is 4.09. The summed E-state index contributed by atoms with van der Waals surface area (Å²) in [6.45, 7) is 5.75. The highest BCUT2D eigenvalue weighted by Crippen LogP contribution is 2.49. The van der Waals surface area contributed by atoms with Crippen molar-refractivity contribution in [3.8, 4) is 0 Å². The molecule has 2 aliphatic rings. The zero-order valence-electron chi connectivity index (χ0n) is 19.2. The average Bonchev–Trinajstić information content (AvgIpc) is 3.14. The number of morpholine rings is 1. The summed E-state index contributed by atoms with van der Waals surface area (Å²) in [6, 6.07) is 28.7. The van der Waals surface area contributed by atoms with Crippen LogP contribution >= 0.6 is 0 Å². The number of rotatable bonds is 8. The molecule has 2 aliphatic heterocycles. The molecule has 0 atom stereocenters. The highest BCUT2D eigenvalue weighted by molar-refractivity contribution is 6.16. The molecule has 0 unspecified atom stereocenters. The van der Waals surface area contributed by atoms with Gasteiger partial charge in [0, 0.05) is 30.9 Å². The Hall–Kier alpha value is -2.95. The van der Waals surface area contributed by atoms with E-state index in [2.05, 4.69) is 40.1 Å². The van der Waals surface area contributed by atoms with Crippen LogP contribution in [0, 0.1) is 0 Å². The molecule has 3 aromatic carbocycles. The summed E-state index contributed by atoms with van der Waals surface area (Å²) in [7, 11) is 0. The van der Waals surface area contributed by atoms with Crippen LogP contribution in [0.25, 0.3) is 0 Å². The van der Waals surface area contributed by atoms with Crippen molar-refractivity contribution in [1.82, 2.24) is 4.90 Å². The second-order valence-corrected chi connectivity index (χ2v) is 8.96. The van der Waals surface area contributed by atoms with Crippen molar-refractivity contribution >= 4 is 11.5 Å². The normalized spacial score (nSPS) is 17.8. The molecule has 0 aromatic heterocycles. The first kappa shape index (κ1) is 21.9. The van der Waals surface area contributed by atoms with Crippen molar-refractivity contribution in [1.29, 1.82) is 0 Å². The Labute approximate surface area is 196 Å². The van der Waals surface area contributed by atoms with Gasteiger partial charge in [-0.1, -0.05) is 79.2 Å². The minimum absolute atomic E-state index is 0.170. The van der Waals surface area contributed by atoms with Gasteiger partial charge in [-0.05, 0) is 42.6 Å². The highest BCUT2D eigenvalue weighted by atomic mass is 16.5. The zero-order chi connectivity index (χ0) is 22.5. The third-order valence-electron chi connectivity index (χ3n) is 7.02. The molecule has 0 radical (unpaired) electrons. The first-order valence-corrected chi connectivity index (χ1v) is 12.1. The number of para-hydroxylation sites is 1. The number of ether oxygens (including phenoxy) is 1. The molecule has 33 heavy (non-hydrogen) atoms. The minimum atomic E-state index is -0.823. The molecule has 170 valence electrons. The topological polar surface area (TPSA) is 32.8 Å². The maximum Gasteiger partial charge on any atom is 0.199 e. The van der Waals surface area contributed by atoms with Crippen LogP contribution in [0.5, 0.6) is 0 Å². The number of hydrogen-bond donors (Lipinski definition) is 0. The Morgan fingerprint density at radius 1 is 0.697 bits per heavy atom. The van der Waals surface area contributed by atoms with E-state index in [1.807, 2.05) is 54.6 Å². The van der Waals surface area contributed by atoms with E-state index in [-0.39, 0.29) is 5.78 Å². The van der Waals surface area contributed by atoms with Crippen LogP contribution in [-0.4, -0.2) is 50.1 Å². The predicted molar refractivity (Wildman–Crippen MR) is 133 cm³/mol. The molecule has 0 N–H and O–H groups in total. The fourth-order valence-electron chi connectivity index (χ4n) is 5.39. The van der Waals surface area contributed by atoms with Gasteiger partial charge in [-0.25, -0.2) is 0 Å². The minimum Gasteiger partial charge on any atom is -0.379 e. The van der Waals surface area contributed by atoms with Gasteiger partial charge < -0.3 is 9.64 Å². The van der Waals surface area contributed by atoms with E-state index in [0.29, 0.717) is 0 Å². The number of unbranched alkanes of at least 4 members (excludes halogenated alkanes) is 2. The zero-order valence-corrected chi connectivity index (χ0v) is 19.2. The Bertz CT molecular complexity index is 1020. The van der Waals surface area contributed by atoms with E-state index in [4.69, 9.17) is 4.74 Å². The lowest BCUT2D eigenvalue weighted by atomic mass is 9.78. The maximum atomic E-state index is 14.2. The molecule has 2 heterocycles. The number of anilines is 1. The summed E-state index contributed by atoms with van der Waals surface area (Å²) in [5, 5.41) is 0. The maximum absolute atomic E-state index is 14.2. The molecule has 4 nitrogen and oxygen atoms in total. The summed E-state index contributed by atoms with van der Waals surface area (Å²) >= 11 is 0. The molecule has 1 fully saturated rings. The standard InChI is InChI=1S/C29H32N2O2/c32-28-26-16-8-9-17-27(26)31(19-11-3-10-18-30-20-22-33-23-21-30)29(28,24-12-4-1-5-13-24)25-14-6-2-7-15-25/h1-2,4-9,12-17H,3,10-11,18-23H2. The van der Waals surface area contributed by atoms with E-state index in [1.165, 1.54) is 6.42 Å². The summed E-state index contributed by atoms with van der Waals surface area (Å²) in [6.07, 6.45) is 3.37. The number of carbonyl (C=O) groups excluding carboxylic acids is 1. The summed E-state index contributed by atoms with van der Waals surface area (Å²) in [4.78, 5) is 19.0. The van der Waals surface area contributed by atoms with Gasteiger partial charge in [-0.15, -0.1) is 0 Å². The smallest absolute Gasteiger partial charge is 0.199 e. The quantitative estimate of drug-likeness (QED) is 0.454. The van der Waals surface area contributed by atoms with Crippen molar-refractivity contribution in [2.45, 2.75) is 24.8 Å². The van der Waals surface area contributed by atoms with Gasteiger partial charge in [-0.2, -0.15) is 0 Å². The van der Waals surface area contributed by atoms with Gasteiger partial charge in [0.1, 0.15) is 0 Å². The fourth-order valence-corrected chi connectivity index (χ4v) is 5.39. The van der Waals surface area contributed by atoms with E-state index < -0.39 is 5.54 Å². The van der Waals surface area contributed by atoms with Gasteiger partial charge >= 0.3 is 0 Å². The van der Waals surface area contributed by atoms with E-state index >= 15 is 0 Å². The lowest BCUT2D eigenvalue weighted by molar-refractivity contribution is 0.0371. The number of Topliss-reactive ketones (excluding diaryl/α,β-unsaturated/α-hetero) is 1. The van der Waals surface area contributed by atoms with Crippen molar-refractivity contribution in [3.05, 3.63) is 102 Å². The monoisotopic (exact) mass is 440 g/mol. The summed E-state index contributed by atoms with van der Waals surface area (Å²) < 4.78 is 5.46. The lowest BCUT2D eigenvalue weighted by Crippen LogP contribution is -2.49. The molecule has 0 spiro atoms. The van der Waals surface area contributed by atoms with Crippen LogP contribution in [-0.2, 0) is 10.3 Å². The summed E-state index contributed by atoms with van der Waals surface area (Å²) in [5.41, 5.74) is 3.11. The third-order valence-corrected chi connectivity index (χ3v) is 7.02. The Morgan fingerprint density at radius 3 is 1.94 bits per heavy atom. The Kier molecular flexibility index (Phi) is 6.56. The molecule has 0 aliphatic carbocycles. The molecule has 0 saturated carbocycles. The second kappa shape index (κ2) is 9.90. The highest BCUT2D eigenvalue weighted by Gasteiger charge is 2.53. The van der Waals surface area contributed by atoms with Gasteiger partial charge in [0.15, 0.2) is 11.3 Å². The van der Waals surface area contributed by atoms with Crippen LogP contribution in [0.4, 0.5) is 5.69 Å². The number of nitrogens with zero attached hydrogens (tertiary/aromatic N) is 2. The van der Waals surface area contributed by atoms with Crippen molar-refractivity contribution in [3.63, 3.8) is 0 Å². The van der Waals surface area contributed by atoms with E-state index in [9.17, 15) is 4.79 Å². The lowest BCUT2D eigenvalue weighted by Gasteiger charge is -2.40. The first-order valence-electron chi connectivity index (χ1n) is 12.1. The van der Waals surface area contributed by atoms with Gasteiger partial charge in [0.05, 0.1) is 13.2 Å². The molecular weight excluding hydrogens is 408 g/mol. The summed E-state index contributed by atoms with van der Waals surface area (Å²) in [5.74, 6) is 0.170. The van der Waals surface area contributed by atoms with Crippen LogP contribution < -0.4 is 4.90 Å². The van der Waals surface area contributed by atoms with Gasteiger partial charge in [0.2, 0.25) is 0 Å². The average molecular weight is 441 g/mol. The molecule has 0 bridgehead atoms. The number of ketones is 1. The van der Waals surface area contributed by atoms with Crippen LogP contribution in [0.3, 0.4) is 0 Å². The largest absolute Gasteiger partial charge is 0.379 e. The Morgan fingerprint density at radius 2 is 1.27 bits per heavy atom. The predicted octanol–water partition coefficient (Wildman–Crippen LogP) is 5.14. The van der Waals surface area contributed by atoms with Crippen molar-refractivity contribution in [2.75, 3.05) is 44.3 Å². The molecule has 0 amide bonds. The van der Waals surface area contributed by atoms with Crippen LogP contribution in [0.2, 0.25) is 0 Å².